The summed E-state index contributed by atoms with van der Waals surface area (Å²) >= 11 is 1.70. The smallest absolute Gasteiger partial charge is 0.0606 e. The van der Waals surface area contributed by atoms with Crippen molar-refractivity contribution in [1.82, 2.24) is 0 Å². The molecule has 0 fully saturated rings. The fourth-order valence-corrected chi connectivity index (χ4v) is 3.35. The Morgan fingerprint density at radius 1 is 1.14 bits per heavy atom. The summed E-state index contributed by atoms with van der Waals surface area (Å²) in [7, 11) is 0. The predicted octanol–water partition coefficient (Wildman–Crippen LogP) is 2.35. The molecule has 2 aromatic rings. The second kappa shape index (κ2) is 7.45. The molecule has 0 spiro atoms. The Hall–Kier alpha value is -1.56. The zero-order chi connectivity index (χ0) is 15.2. The summed E-state index contributed by atoms with van der Waals surface area (Å²) in [5.74, 6) is 0. The lowest BCUT2D eigenvalue weighted by atomic mass is 10.1. The van der Waals surface area contributed by atoms with Gasteiger partial charge in [-0.3, -0.25) is 0 Å². The molecule has 1 heterocycles. The lowest BCUT2D eigenvalue weighted by molar-refractivity contribution is 0.281. The zero-order valence-electron chi connectivity index (χ0n) is 12.2. The van der Waals surface area contributed by atoms with Crippen LogP contribution < -0.4 is 10.6 Å². The van der Waals surface area contributed by atoms with Crippen LogP contribution in [-0.4, -0.2) is 36.5 Å². The van der Waals surface area contributed by atoms with E-state index in [0.29, 0.717) is 18.8 Å². The highest BCUT2D eigenvalue weighted by Gasteiger charge is 2.14. The van der Waals surface area contributed by atoms with Crippen molar-refractivity contribution in [2.45, 2.75) is 13.3 Å². The third-order valence-electron chi connectivity index (χ3n) is 3.43. The Bertz CT molecular complexity index is 577. The van der Waals surface area contributed by atoms with Gasteiger partial charge in [-0.25, -0.2) is 0 Å². The van der Waals surface area contributed by atoms with E-state index in [4.69, 9.17) is 5.73 Å². The van der Waals surface area contributed by atoms with Crippen LogP contribution in [-0.2, 0) is 6.42 Å². The molecule has 0 unspecified atom stereocenters. The highest BCUT2D eigenvalue weighted by molar-refractivity contribution is 7.13. The summed E-state index contributed by atoms with van der Waals surface area (Å²) < 4.78 is 0. The Balaban J connectivity index is 2.45. The van der Waals surface area contributed by atoms with Gasteiger partial charge in [-0.2, -0.15) is 0 Å². The number of thiophene rings is 1. The van der Waals surface area contributed by atoms with E-state index in [1.54, 1.807) is 11.3 Å². The largest absolute Gasteiger partial charge is 0.399 e. The lowest BCUT2D eigenvalue weighted by Crippen LogP contribution is -2.30. The second-order valence-corrected chi connectivity index (χ2v) is 5.79. The van der Waals surface area contributed by atoms with Gasteiger partial charge in [-0.15, -0.1) is 11.3 Å². The molecule has 4 N–H and O–H groups in total. The van der Waals surface area contributed by atoms with Crippen LogP contribution in [0.3, 0.4) is 0 Å². The van der Waals surface area contributed by atoms with Crippen LogP contribution in [0.1, 0.15) is 12.5 Å². The second-order valence-electron chi connectivity index (χ2n) is 4.88. The number of anilines is 2. The first-order valence-corrected chi connectivity index (χ1v) is 8.01. The van der Waals surface area contributed by atoms with Gasteiger partial charge in [0, 0.05) is 34.9 Å². The van der Waals surface area contributed by atoms with Crippen molar-refractivity contribution in [1.29, 1.82) is 0 Å². The molecule has 0 aliphatic carbocycles. The maximum absolute atomic E-state index is 9.24. The summed E-state index contributed by atoms with van der Waals surface area (Å²) in [4.78, 5) is 3.15. The summed E-state index contributed by atoms with van der Waals surface area (Å²) in [5.41, 5.74) is 10.0. The molecule has 0 saturated heterocycles. The third-order valence-corrected chi connectivity index (χ3v) is 4.44. The third kappa shape index (κ3) is 3.75. The number of aryl methyl sites for hydroxylation is 1. The van der Waals surface area contributed by atoms with Gasteiger partial charge >= 0.3 is 0 Å². The van der Waals surface area contributed by atoms with E-state index in [9.17, 15) is 10.2 Å². The minimum Gasteiger partial charge on any atom is -0.399 e. The molecule has 114 valence electrons. The molecular formula is C16H22N2O2S. The number of hydrogen-bond acceptors (Lipinski definition) is 5. The molecule has 2 rings (SSSR count). The van der Waals surface area contributed by atoms with Crippen LogP contribution in [0.5, 0.6) is 0 Å². The number of aliphatic hydroxyl groups excluding tert-OH is 2. The number of nitrogens with two attached hydrogens (primary N) is 1. The number of rotatable bonds is 7. The number of nitrogens with zero attached hydrogens (tertiary/aromatic N) is 1. The fourth-order valence-electron chi connectivity index (χ4n) is 2.32. The van der Waals surface area contributed by atoms with Gasteiger partial charge in [0.1, 0.15) is 0 Å². The fraction of sp³-hybridized carbons (Fsp3) is 0.375. The highest BCUT2D eigenvalue weighted by atomic mass is 32.1. The first kappa shape index (κ1) is 15.8. The number of benzene rings is 1. The van der Waals surface area contributed by atoms with Gasteiger partial charge in [0.15, 0.2) is 0 Å². The Morgan fingerprint density at radius 2 is 1.86 bits per heavy atom. The molecule has 1 aromatic heterocycles. The molecule has 5 heteroatoms. The van der Waals surface area contributed by atoms with E-state index in [2.05, 4.69) is 18.4 Å². The van der Waals surface area contributed by atoms with Crippen molar-refractivity contribution in [2.75, 3.05) is 36.9 Å². The van der Waals surface area contributed by atoms with Crippen molar-refractivity contribution in [2.24, 2.45) is 0 Å². The molecule has 0 aliphatic rings. The van der Waals surface area contributed by atoms with E-state index in [1.165, 1.54) is 5.56 Å². The van der Waals surface area contributed by atoms with E-state index < -0.39 is 0 Å². The van der Waals surface area contributed by atoms with Crippen molar-refractivity contribution in [3.8, 4) is 10.4 Å². The van der Waals surface area contributed by atoms with Crippen LogP contribution in [0, 0.1) is 0 Å². The van der Waals surface area contributed by atoms with Crippen LogP contribution in [0.2, 0.25) is 0 Å². The highest BCUT2D eigenvalue weighted by Crippen LogP contribution is 2.36. The van der Waals surface area contributed by atoms with Crippen LogP contribution in [0.15, 0.2) is 29.6 Å². The number of hydrogen-bond donors (Lipinski definition) is 3. The van der Waals surface area contributed by atoms with Gasteiger partial charge in [-0.05, 0) is 41.6 Å². The maximum Gasteiger partial charge on any atom is 0.0606 e. The number of aliphatic hydroxyl groups is 2. The summed E-state index contributed by atoms with van der Waals surface area (Å²) in [5, 5.41) is 20.6. The lowest BCUT2D eigenvalue weighted by Gasteiger charge is -2.25. The van der Waals surface area contributed by atoms with Crippen LogP contribution >= 0.6 is 11.3 Å². The zero-order valence-corrected chi connectivity index (χ0v) is 13.1. The molecule has 4 nitrogen and oxygen atoms in total. The molecule has 0 radical (unpaired) electrons. The first-order valence-electron chi connectivity index (χ1n) is 7.13. The molecule has 0 bridgehead atoms. The average Bonchev–Trinajstić information content (AvgIpc) is 2.96. The molecule has 0 saturated carbocycles. The molecular weight excluding hydrogens is 284 g/mol. The first-order chi connectivity index (χ1) is 10.2. The van der Waals surface area contributed by atoms with Crippen molar-refractivity contribution >= 4 is 22.7 Å². The monoisotopic (exact) mass is 306 g/mol. The number of nitrogen functional groups attached to an aromatic ring is 1. The molecule has 0 aliphatic heterocycles. The Kier molecular flexibility index (Phi) is 5.61. The van der Waals surface area contributed by atoms with Gasteiger partial charge < -0.3 is 20.8 Å². The van der Waals surface area contributed by atoms with E-state index in [0.717, 1.165) is 22.5 Å². The van der Waals surface area contributed by atoms with Crippen LogP contribution in [0.25, 0.3) is 10.4 Å². The minimum atomic E-state index is 0.0501. The normalized spacial score (nSPS) is 10.8. The average molecular weight is 306 g/mol. The predicted molar refractivity (Wildman–Crippen MR) is 89.9 cm³/mol. The van der Waals surface area contributed by atoms with Crippen LogP contribution in [0.4, 0.5) is 11.4 Å². The van der Waals surface area contributed by atoms with Gasteiger partial charge in [0.25, 0.3) is 0 Å². The topological polar surface area (TPSA) is 69.7 Å². The SMILES string of the molecule is CCc1csc(-c2cc(N)ccc2N(CCO)CCO)c1. The summed E-state index contributed by atoms with van der Waals surface area (Å²) in [6, 6.07) is 7.96. The van der Waals surface area contributed by atoms with Gasteiger partial charge in [0.05, 0.1) is 13.2 Å². The Morgan fingerprint density at radius 3 is 2.43 bits per heavy atom. The van der Waals surface area contributed by atoms with E-state index in [1.807, 2.05) is 23.1 Å². The summed E-state index contributed by atoms with van der Waals surface area (Å²) in [6.07, 6.45) is 1.01. The maximum atomic E-state index is 9.24. The van der Waals surface area contributed by atoms with Crippen molar-refractivity contribution in [3.63, 3.8) is 0 Å². The minimum absolute atomic E-state index is 0.0501. The Labute approximate surface area is 129 Å². The van der Waals surface area contributed by atoms with E-state index >= 15 is 0 Å². The standard InChI is InChI=1S/C16H22N2O2S/c1-2-12-9-16(21-11-12)14-10-13(17)3-4-15(14)18(5-7-19)6-8-20/h3-4,9-11,19-20H,2,5-8,17H2,1H3. The molecule has 21 heavy (non-hydrogen) atoms. The molecule has 0 atom stereocenters. The molecule has 0 amide bonds. The van der Waals surface area contributed by atoms with Crippen molar-refractivity contribution < 1.29 is 10.2 Å². The van der Waals surface area contributed by atoms with E-state index in [-0.39, 0.29) is 13.2 Å². The van der Waals surface area contributed by atoms with Gasteiger partial charge in [-0.1, -0.05) is 6.92 Å². The quantitative estimate of drug-likeness (QED) is 0.687. The van der Waals surface area contributed by atoms with Gasteiger partial charge in [0.2, 0.25) is 0 Å². The molecule has 1 aromatic carbocycles. The summed E-state index contributed by atoms with van der Waals surface area (Å²) in [6.45, 7) is 3.21. The van der Waals surface area contributed by atoms with Crippen molar-refractivity contribution in [3.05, 3.63) is 35.2 Å².